The van der Waals surface area contributed by atoms with Gasteiger partial charge >= 0.3 is 0 Å². The summed E-state index contributed by atoms with van der Waals surface area (Å²) in [6, 6.07) is 5.40. The van der Waals surface area contributed by atoms with Crippen molar-refractivity contribution in [2.24, 2.45) is 0 Å². The Hall–Kier alpha value is -2.87. The van der Waals surface area contributed by atoms with Gasteiger partial charge in [-0.05, 0) is 31.5 Å². The first-order chi connectivity index (χ1) is 14.5. The maximum atomic E-state index is 12.6. The zero-order chi connectivity index (χ0) is 21.3. The van der Waals surface area contributed by atoms with E-state index in [1.54, 1.807) is 24.3 Å². The van der Waals surface area contributed by atoms with E-state index in [4.69, 9.17) is 14.5 Å². The Kier molecular flexibility index (Phi) is 5.76. The molecule has 8 heteroatoms. The summed E-state index contributed by atoms with van der Waals surface area (Å²) < 4.78 is 11.2. The van der Waals surface area contributed by atoms with E-state index in [1.807, 2.05) is 26.0 Å². The van der Waals surface area contributed by atoms with E-state index < -0.39 is 0 Å². The number of piperidine rings is 1. The molecule has 2 aromatic heterocycles. The van der Waals surface area contributed by atoms with Crippen molar-refractivity contribution in [1.82, 2.24) is 14.9 Å². The molecule has 1 N–H and O–H groups in total. The maximum absolute atomic E-state index is 12.6. The predicted molar refractivity (Wildman–Crippen MR) is 112 cm³/mol. The minimum Gasteiger partial charge on any atom is -0.489 e. The van der Waals surface area contributed by atoms with Crippen LogP contribution in [0.15, 0.2) is 24.4 Å². The first-order valence-corrected chi connectivity index (χ1v) is 10.3. The largest absolute Gasteiger partial charge is 0.489 e. The van der Waals surface area contributed by atoms with Crippen molar-refractivity contribution in [1.29, 1.82) is 0 Å². The quantitative estimate of drug-likeness (QED) is 0.778. The third-order valence-electron chi connectivity index (χ3n) is 5.84. The van der Waals surface area contributed by atoms with Gasteiger partial charge in [-0.15, -0.1) is 0 Å². The summed E-state index contributed by atoms with van der Waals surface area (Å²) in [5.74, 6) is 2.21. The molecule has 1 unspecified atom stereocenters. The number of hydrogen-bond donors (Lipinski definition) is 1. The number of ether oxygens (including phenoxy) is 2. The molecule has 4 heterocycles. The van der Waals surface area contributed by atoms with Crippen LogP contribution in [-0.2, 0) is 6.54 Å². The van der Waals surface area contributed by atoms with Crippen molar-refractivity contribution in [3.05, 3.63) is 41.2 Å². The molecule has 0 aromatic carbocycles. The van der Waals surface area contributed by atoms with Gasteiger partial charge in [-0.1, -0.05) is 0 Å². The molecule has 0 aliphatic carbocycles. The van der Waals surface area contributed by atoms with E-state index in [0.717, 1.165) is 48.8 Å². The number of aryl methyl sites for hydroxylation is 1. The first-order valence-electron chi connectivity index (χ1n) is 10.3. The minimum atomic E-state index is -0.212. The fourth-order valence-electron chi connectivity index (χ4n) is 4.04. The van der Waals surface area contributed by atoms with E-state index in [9.17, 15) is 9.90 Å². The fraction of sp³-hybridized carbons (Fsp3) is 0.500. The number of carbonyl (C=O) groups excluding carboxylic acids is 1. The number of amides is 1. The molecule has 2 aromatic rings. The van der Waals surface area contributed by atoms with Crippen molar-refractivity contribution in [2.45, 2.75) is 45.4 Å². The molecular formula is C22H28N4O4. The summed E-state index contributed by atoms with van der Waals surface area (Å²) in [7, 11) is 1.59. The van der Waals surface area contributed by atoms with Gasteiger partial charge in [0.25, 0.3) is 5.91 Å². The van der Waals surface area contributed by atoms with E-state index >= 15 is 0 Å². The van der Waals surface area contributed by atoms with Gasteiger partial charge in [0.15, 0.2) is 0 Å². The van der Waals surface area contributed by atoms with Crippen LogP contribution in [0.1, 0.15) is 41.4 Å². The second-order valence-electron chi connectivity index (χ2n) is 7.93. The van der Waals surface area contributed by atoms with Crippen molar-refractivity contribution >= 4 is 11.7 Å². The molecule has 4 rings (SSSR count). The van der Waals surface area contributed by atoms with Crippen LogP contribution in [0.5, 0.6) is 11.6 Å². The number of methoxy groups -OCH3 is 1. The summed E-state index contributed by atoms with van der Waals surface area (Å²) in [5, 5.41) is 9.42. The van der Waals surface area contributed by atoms with Gasteiger partial charge in [0.2, 0.25) is 5.88 Å². The summed E-state index contributed by atoms with van der Waals surface area (Å²) in [6.45, 7) is 5.92. The Balaban J connectivity index is 1.41. The first kappa shape index (κ1) is 20.4. The Bertz CT molecular complexity index is 910. The number of anilines is 1. The second-order valence-corrected chi connectivity index (χ2v) is 7.93. The lowest BCUT2D eigenvalue weighted by atomic mass is 10.1. The highest BCUT2D eigenvalue weighted by Gasteiger charge is 2.33. The Morgan fingerprint density at radius 1 is 1.30 bits per heavy atom. The van der Waals surface area contributed by atoms with Gasteiger partial charge in [-0.2, -0.15) is 0 Å². The van der Waals surface area contributed by atoms with E-state index in [-0.39, 0.29) is 24.7 Å². The molecule has 2 aliphatic rings. The second kappa shape index (κ2) is 8.47. The SMILES string of the molecule is COc1ccc(OC2CCN(c3nc4c(cc3C)C(=O)N(C(C)CO)C4)CC2)cn1. The third kappa shape index (κ3) is 3.92. The molecule has 1 atom stereocenters. The minimum absolute atomic E-state index is 0.0473. The monoisotopic (exact) mass is 412 g/mol. The topological polar surface area (TPSA) is 88.0 Å². The molecule has 0 spiro atoms. The lowest BCUT2D eigenvalue weighted by Crippen LogP contribution is -2.39. The van der Waals surface area contributed by atoms with Crippen LogP contribution in [-0.4, -0.2) is 64.8 Å². The Morgan fingerprint density at radius 3 is 2.70 bits per heavy atom. The standard InChI is InChI=1S/C22H28N4O4/c1-14-10-18-19(12-26(22(18)28)15(2)13-27)24-21(14)25-8-6-16(7-9-25)30-17-4-5-20(29-3)23-11-17/h4-5,10-11,15-16,27H,6-9,12-13H2,1-3H3. The van der Waals surface area contributed by atoms with Crippen molar-refractivity contribution < 1.29 is 19.4 Å². The van der Waals surface area contributed by atoms with Gasteiger partial charge in [0, 0.05) is 32.0 Å². The number of pyridine rings is 2. The normalized spacial score (nSPS) is 17.8. The zero-order valence-corrected chi connectivity index (χ0v) is 17.7. The van der Waals surface area contributed by atoms with Crippen molar-refractivity contribution in [3.8, 4) is 11.6 Å². The van der Waals surface area contributed by atoms with Gasteiger partial charge in [-0.25, -0.2) is 9.97 Å². The zero-order valence-electron chi connectivity index (χ0n) is 17.7. The number of aromatic nitrogens is 2. The number of hydrogen-bond acceptors (Lipinski definition) is 7. The molecule has 1 fully saturated rings. The highest BCUT2D eigenvalue weighted by Crippen LogP contribution is 2.30. The molecule has 0 bridgehead atoms. The lowest BCUT2D eigenvalue weighted by molar-refractivity contribution is 0.0643. The summed E-state index contributed by atoms with van der Waals surface area (Å²) in [5.41, 5.74) is 2.45. The Morgan fingerprint density at radius 2 is 2.07 bits per heavy atom. The molecular weight excluding hydrogens is 384 g/mol. The lowest BCUT2D eigenvalue weighted by Gasteiger charge is -2.33. The van der Waals surface area contributed by atoms with Crippen LogP contribution in [0.2, 0.25) is 0 Å². The summed E-state index contributed by atoms with van der Waals surface area (Å²) in [4.78, 5) is 25.6. The molecule has 2 aliphatic heterocycles. The highest BCUT2D eigenvalue weighted by molar-refractivity contribution is 5.98. The maximum Gasteiger partial charge on any atom is 0.256 e. The molecule has 30 heavy (non-hydrogen) atoms. The van der Waals surface area contributed by atoms with Gasteiger partial charge in [0.05, 0.1) is 43.8 Å². The number of nitrogens with zero attached hydrogens (tertiary/aromatic N) is 4. The third-order valence-corrected chi connectivity index (χ3v) is 5.84. The molecule has 160 valence electrons. The van der Waals surface area contributed by atoms with Crippen LogP contribution >= 0.6 is 0 Å². The average molecular weight is 412 g/mol. The number of carbonyl (C=O) groups is 1. The Labute approximate surface area is 176 Å². The number of rotatable bonds is 6. The molecule has 1 saturated heterocycles. The van der Waals surface area contributed by atoms with Crippen LogP contribution in [0, 0.1) is 6.92 Å². The van der Waals surface area contributed by atoms with Gasteiger partial charge < -0.3 is 24.4 Å². The highest BCUT2D eigenvalue weighted by atomic mass is 16.5. The van der Waals surface area contributed by atoms with Crippen LogP contribution in [0.3, 0.4) is 0 Å². The van der Waals surface area contributed by atoms with Gasteiger partial charge in [0.1, 0.15) is 17.7 Å². The van der Waals surface area contributed by atoms with Crippen LogP contribution in [0.4, 0.5) is 5.82 Å². The predicted octanol–water partition coefficient (Wildman–Crippen LogP) is 2.18. The summed E-state index contributed by atoms with van der Waals surface area (Å²) >= 11 is 0. The molecule has 0 radical (unpaired) electrons. The molecule has 0 saturated carbocycles. The molecule has 8 nitrogen and oxygen atoms in total. The van der Waals surface area contributed by atoms with Crippen LogP contribution < -0.4 is 14.4 Å². The van der Waals surface area contributed by atoms with E-state index in [1.165, 1.54) is 0 Å². The van der Waals surface area contributed by atoms with Crippen LogP contribution in [0.25, 0.3) is 0 Å². The fourth-order valence-corrected chi connectivity index (χ4v) is 4.04. The van der Waals surface area contributed by atoms with E-state index in [2.05, 4.69) is 9.88 Å². The van der Waals surface area contributed by atoms with Crippen molar-refractivity contribution in [3.63, 3.8) is 0 Å². The van der Waals surface area contributed by atoms with E-state index in [0.29, 0.717) is 18.0 Å². The number of aliphatic hydroxyl groups excluding tert-OH is 1. The summed E-state index contributed by atoms with van der Waals surface area (Å²) in [6.07, 6.45) is 3.59. The van der Waals surface area contributed by atoms with Crippen molar-refractivity contribution in [2.75, 3.05) is 31.7 Å². The van der Waals surface area contributed by atoms with Gasteiger partial charge in [-0.3, -0.25) is 4.79 Å². The average Bonchev–Trinajstić information content (AvgIpc) is 3.09. The number of aliphatic hydroxyl groups is 1. The number of fused-ring (bicyclic) bond motifs is 1. The molecule has 1 amide bonds. The smallest absolute Gasteiger partial charge is 0.256 e.